The van der Waals surface area contributed by atoms with Crippen LogP contribution in [0.1, 0.15) is 17.2 Å². The van der Waals surface area contributed by atoms with E-state index in [1.165, 1.54) is 12.2 Å². The fourth-order valence-electron chi connectivity index (χ4n) is 2.12. The molecular weight excluding hydrogens is 240 g/mol. The van der Waals surface area contributed by atoms with Crippen molar-refractivity contribution in [3.05, 3.63) is 34.3 Å². The summed E-state index contributed by atoms with van der Waals surface area (Å²) in [7, 11) is 1.27. The summed E-state index contributed by atoms with van der Waals surface area (Å²) in [6, 6.07) is 4.41. The second kappa shape index (κ2) is 4.90. The van der Waals surface area contributed by atoms with Gasteiger partial charge in [-0.1, -0.05) is 17.7 Å². The highest BCUT2D eigenvalue weighted by Crippen LogP contribution is 2.31. The third-order valence-electron chi connectivity index (χ3n) is 2.86. The maximum Gasteiger partial charge on any atom is 0.324 e. The molecule has 1 N–H and O–H groups in total. The Morgan fingerprint density at radius 3 is 3.00 bits per heavy atom. The van der Waals surface area contributed by atoms with E-state index in [-0.39, 0.29) is 0 Å². The molecule has 1 aliphatic heterocycles. The Morgan fingerprint density at radius 1 is 1.59 bits per heavy atom. The molecule has 6 heteroatoms. The van der Waals surface area contributed by atoms with Crippen LogP contribution < -0.4 is 0 Å². The maximum absolute atomic E-state index is 11.3. The summed E-state index contributed by atoms with van der Waals surface area (Å²) in [5, 5.41) is 9.76. The molecule has 0 aromatic heterocycles. The van der Waals surface area contributed by atoms with E-state index in [9.17, 15) is 14.7 Å². The zero-order valence-electron chi connectivity index (χ0n) is 8.97. The average molecular weight is 250 g/mol. The van der Waals surface area contributed by atoms with Crippen LogP contribution in [0, 0.1) is 0 Å². The van der Waals surface area contributed by atoms with Crippen LogP contribution in [0.3, 0.4) is 0 Å². The van der Waals surface area contributed by atoms with Crippen molar-refractivity contribution in [3.8, 4) is 0 Å². The summed E-state index contributed by atoms with van der Waals surface area (Å²) in [6.45, 7) is 0.518. The van der Waals surface area contributed by atoms with Gasteiger partial charge in [-0.2, -0.15) is 0 Å². The monoisotopic (exact) mass is 250 g/mol. The molecule has 1 aromatic carbocycles. The number of rotatable bonds is 3. The molecule has 0 aliphatic carbocycles. The summed E-state index contributed by atoms with van der Waals surface area (Å²) in [5.74, 6) is -0.980. The van der Waals surface area contributed by atoms with Crippen LogP contribution in [0.2, 0.25) is 5.02 Å². The number of carboxylic acid groups (broad SMARTS) is 1. The van der Waals surface area contributed by atoms with E-state index in [0.29, 0.717) is 29.7 Å². The number of carbonyl (C=O) groups is 2. The largest absolute Gasteiger partial charge is 0.480 e. The van der Waals surface area contributed by atoms with Crippen LogP contribution >= 0.6 is 11.6 Å². The summed E-state index contributed by atoms with van der Waals surface area (Å²) in [5.41, 5.74) is 1.63. The number of hydrogen-bond acceptors (Lipinski definition) is 3. The maximum atomic E-state index is 11.3. The molecule has 0 amide bonds. The standard InChI is InChI=1S/C11H10BClNO3/c13-8-2-1-7-3-4-14(12-6-15)10(11(16)17)9(7)5-8/h1-2,5-6,10H,3-4H2,(H,16,17). The molecule has 1 unspecified atom stereocenters. The van der Waals surface area contributed by atoms with Crippen molar-refractivity contribution in [1.82, 2.24) is 4.81 Å². The first-order chi connectivity index (χ1) is 8.13. The number of aliphatic carboxylic acids is 1. The summed E-state index contributed by atoms with van der Waals surface area (Å²) >= 11 is 5.88. The van der Waals surface area contributed by atoms with Crippen molar-refractivity contribution in [1.29, 1.82) is 0 Å². The average Bonchev–Trinajstić information content (AvgIpc) is 2.28. The molecule has 4 nitrogen and oxygen atoms in total. The summed E-state index contributed by atoms with van der Waals surface area (Å²) < 4.78 is 0. The van der Waals surface area contributed by atoms with Crippen molar-refractivity contribution in [2.75, 3.05) is 6.54 Å². The minimum Gasteiger partial charge on any atom is -0.480 e. The fourth-order valence-corrected chi connectivity index (χ4v) is 2.30. The SMILES string of the molecule is O=C[B]N1CCc2ccc(Cl)cc2C1C(=O)O. The minimum atomic E-state index is -0.980. The third-order valence-corrected chi connectivity index (χ3v) is 3.09. The van der Waals surface area contributed by atoms with E-state index in [1.807, 2.05) is 6.07 Å². The van der Waals surface area contributed by atoms with E-state index in [1.54, 1.807) is 12.1 Å². The third kappa shape index (κ3) is 2.35. The molecule has 0 saturated carbocycles. The molecule has 17 heavy (non-hydrogen) atoms. The predicted molar refractivity (Wildman–Crippen MR) is 64.7 cm³/mol. The topological polar surface area (TPSA) is 57.6 Å². The van der Waals surface area contributed by atoms with Gasteiger partial charge in [0.15, 0.2) is 0 Å². The zero-order valence-corrected chi connectivity index (χ0v) is 9.72. The number of halogens is 1. The zero-order chi connectivity index (χ0) is 12.4. The number of carboxylic acids is 1. The summed E-state index contributed by atoms with van der Waals surface area (Å²) in [6.07, 6.45) is 1.31. The van der Waals surface area contributed by atoms with Crippen molar-refractivity contribution in [2.45, 2.75) is 12.5 Å². The molecule has 87 valence electrons. The Hall–Kier alpha value is -1.33. The molecule has 0 saturated heterocycles. The number of nitrogens with zero attached hydrogens (tertiary/aromatic N) is 1. The lowest BCUT2D eigenvalue weighted by atomic mass is 9.83. The van der Waals surface area contributed by atoms with E-state index in [0.717, 1.165) is 5.56 Å². The fraction of sp³-hybridized carbons (Fsp3) is 0.273. The van der Waals surface area contributed by atoms with E-state index in [4.69, 9.17) is 11.6 Å². The second-order valence-electron chi connectivity index (χ2n) is 3.86. The van der Waals surface area contributed by atoms with Crippen molar-refractivity contribution in [2.24, 2.45) is 0 Å². The molecule has 1 aliphatic rings. The van der Waals surface area contributed by atoms with Gasteiger partial charge in [-0.3, -0.25) is 4.79 Å². The lowest BCUT2D eigenvalue weighted by molar-refractivity contribution is -0.142. The van der Waals surface area contributed by atoms with Crippen LogP contribution in [0.4, 0.5) is 0 Å². The van der Waals surface area contributed by atoms with E-state index in [2.05, 4.69) is 0 Å². The first-order valence-corrected chi connectivity index (χ1v) is 5.57. The number of carbonyl (C=O) groups excluding carboxylic acids is 1. The Bertz CT molecular complexity index is 466. The van der Waals surface area contributed by atoms with Crippen molar-refractivity contribution < 1.29 is 14.7 Å². The molecule has 2 rings (SSSR count). The van der Waals surface area contributed by atoms with Gasteiger partial charge in [0.1, 0.15) is 6.04 Å². The molecule has 0 bridgehead atoms. The molecule has 0 spiro atoms. The quantitative estimate of drug-likeness (QED) is 0.645. The molecule has 1 aromatic rings. The number of hydrogen-bond donors (Lipinski definition) is 1. The highest BCUT2D eigenvalue weighted by molar-refractivity contribution is 6.64. The van der Waals surface area contributed by atoms with Gasteiger partial charge in [-0.15, -0.1) is 0 Å². The lowest BCUT2D eigenvalue weighted by Crippen LogP contribution is -2.42. The Morgan fingerprint density at radius 2 is 2.35 bits per heavy atom. The number of fused-ring (bicyclic) bond motifs is 1. The molecular formula is C11H10BClNO3. The van der Waals surface area contributed by atoms with Crippen molar-refractivity contribution in [3.63, 3.8) is 0 Å². The minimum absolute atomic E-state index is 0.503. The van der Waals surface area contributed by atoms with Crippen LogP contribution in [0.5, 0.6) is 0 Å². The first kappa shape index (κ1) is 12.1. The van der Waals surface area contributed by atoms with Gasteiger partial charge in [0.05, 0.1) is 6.19 Å². The van der Waals surface area contributed by atoms with Crippen LogP contribution in [0.25, 0.3) is 0 Å². The normalized spacial score (nSPS) is 19.5. The highest BCUT2D eigenvalue weighted by Gasteiger charge is 2.32. The van der Waals surface area contributed by atoms with Gasteiger partial charge in [0.2, 0.25) is 0 Å². The van der Waals surface area contributed by atoms with Gasteiger partial charge >= 0.3 is 5.97 Å². The van der Waals surface area contributed by atoms with Gasteiger partial charge in [0.25, 0.3) is 7.41 Å². The Balaban J connectivity index is 2.44. The Labute approximate surface area is 104 Å². The van der Waals surface area contributed by atoms with Crippen LogP contribution in [-0.2, 0) is 16.0 Å². The highest BCUT2D eigenvalue weighted by atomic mass is 35.5. The van der Waals surface area contributed by atoms with E-state index < -0.39 is 12.0 Å². The molecule has 1 atom stereocenters. The lowest BCUT2D eigenvalue weighted by Gasteiger charge is -2.33. The van der Waals surface area contributed by atoms with Gasteiger partial charge in [0, 0.05) is 5.02 Å². The molecule has 1 radical (unpaired) electrons. The predicted octanol–water partition coefficient (Wildman–Crippen LogP) is 1.13. The first-order valence-electron chi connectivity index (χ1n) is 5.19. The van der Waals surface area contributed by atoms with Crippen LogP contribution in [-0.4, -0.2) is 36.0 Å². The van der Waals surface area contributed by atoms with Gasteiger partial charge < -0.3 is 14.7 Å². The van der Waals surface area contributed by atoms with E-state index >= 15 is 0 Å². The molecule has 0 fully saturated rings. The van der Waals surface area contributed by atoms with Gasteiger partial charge in [-0.05, 0) is 36.2 Å². The smallest absolute Gasteiger partial charge is 0.324 e. The summed E-state index contributed by atoms with van der Waals surface area (Å²) in [4.78, 5) is 23.3. The molecule has 1 heterocycles. The van der Waals surface area contributed by atoms with Gasteiger partial charge in [-0.25, -0.2) is 0 Å². The van der Waals surface area contributed by atoms with Crippen LogP contribution in [0.15, 0.2) is 18.2 Å². The van der Waals surface area contributed by atoms with Crippen molar-refractivity contribution >= 4 is 31.2 Å². The number of benzene rings is 1. The Kier molecular flexibility index (Phi) is 3.50. The second-order valence-corrected chi connectivity index (χ2v) is 4.29.